The minimum absolute atomic E-state index is 0.713. The molecule has 0 unspecified atom stereocenters. The van der Waals surface area contributed by atoms with Gasteiger partial charge in [0.1, 0.15) is 0 Å². The van der Waals surface area contributed by atoms with Crippen molar-refractivity contribution >= 4 is 33.4 Å². The summed E-state index contributed by atoms with van der Waals surface area (Å²) >= 11 is 5.25. The standard InChI is InChI=1S/C16H18BrNO2S/c1-19-15-9-11(8-14(17)16(15)20-2)10-18-12-4-6-13(21-3)7-5-12/h4-9,18H,10H2,1-3H3. The highest BCUT2D eigenvalue weighted by atomic mass is 79.9. The van der Waals surface area contributed by atoms with Crippen molar-refractivity contribution in [2.45, 2.75) is 11.4 Å². The third kappa shape index (κ3) is 4.08. The molecule has 112 valence electrons. The quantitative estimate of drug-likeness (QED) is 0.742. The largest absolute Gasteiger partial charge is 0.493 e. The summed E-state index contributed by atoms with van der Waals surface area (Å²) in [7, 11) is 3.27. The Balaban J connectivity index is 2.10. The zero-order chi connectivity index (χ0) is 15.2. The Morgan fingerprint density at radius 1 is 1.10 bits per heavy atom. The molecule has 2 rings (SSSR count). The van der Waals surface area contributed by atoms with Crippen LogP contribution < -0.4 is 14.8 Å². The highest BCUT2D eigenvalue weighted by Gasteiger charge is 2.10. The molecule has 0 atom stereocenters. The van der Waals surface area contributed by atoms with E-state index >= 15 is 0 Å². The fraction of sp³-hybridized carbons (Fsp3) is 0.250. The molecular formula is C16H18BrNO2S. The smallest absolute Gasteiger partial charge is 0.174 e. The van der Waals surface area contributed by atoms with Gasteiger partial charge in [-0.2, -0.15) is 0 Å². The summed E-state index contributed by atoms with van der Waals surface area (Å²) in [5.41, 5.74) is 2.21. The molecule has 0 saturated carbocycles. The molecule has 0 fully saturated rings. The van der Waals surface area contributed by atoms with Gasteiger partial charge in [0.25, 0.3) is 0 Å². The normalized spacial score (nSPS) is 10.3. The molecule has 0 saturated heterocycles. The average molecular weight is 368 g/mol. The summed E-state index contributed by atoms with van der Waals surface area (Å²) in [6, 6.07) is 12.4. The Morgan fingerprint density at radius 3 is 2.38 bits per heavy atom. The molecule has 21 heavy (non-hydrogen) atoms. The van der Waals surface area contributed by atoms with E-state index in [1.807, 2.05) is 12.1 Å². The van der Waals surface area contributed by atoms with Gasteiger partial charge < -0.3 is 14.8 Å². The molecule has 0 aliphatic carbocycles. The van der Waals surface area contributed by atoms with E-state index in [-0.39, 0.29) is 0 Å². The van der Waals surface area contributed by atoms with E-state index < -0.39 is 0 Å². The number of benzene rings is 2. The van der Waals surface area contributed by atoms with E-state index in [1.54, 1.807) is 26.0 Å². The van der Waals surface area contributed by atoms with Gasteiger partial charge in [-0.05, 0) is 64.1 Å². The third-order valence-electron chi connectivity index (χ3n) is 3.08. The van der Waals surface area contributed by atoms with E-state index in [4.69, 9.17) is 9.47 Å². The highest BCUT2D eigenvalue weighted by Crippen LogP contribution is 2.36. The first-order chi connectivity index (χ1) is 10.2. The van der Waals surface area contributed by atoms with Crippen LogP contribution in [0.5, 0.6) is 11.5 Å². The van der Waals surface area contributed by atoms with Gasteiger partial charge in [0.15, 0.2) is 11.5 Å². The van der Waals surface area contributed by atoms with Crippen LogP contribution in [-0.4, -0.2) is 20.5 Å². The average Bonchev–Trinajstić information content (AvgIpc) is 2.52. The van der Waals surface area contributed by atoms with E-state index in [1.165, 1.54) is 4.90 Å². The van der Waals surface area contributed by atoms with Crippen molar-refractivity contribution < 1.29 is 9.47 Å². The topological polar surface area (TPSA) is 30.5 Å². The van der Waals surface area contributed by atoms with Crippen molar-refractivity contribution in [1.82, 2.24) is 0 Å². The molecule has 0 amide bonds. The van der Waals surface area contributed by atoms with Crippen LogP contribution in [0.3, 0.4) is 0 Å². The SMILES string of the molecule is COc1cc(CNc2ccc(SC)cc2)cc(Br)c1OC. The molecule has 0 aliphatic rings. The van der Waals surface area contributed by atoms with Crippen LogP contribution in [0.25, 0.3) is 0 Å². The summed E-state index contributed by atoms with van der Waals surface area (Å²) in [6.45, 7) is 0.720. The molecule has 3 nitrogen and oxygen atoms in total. The van der Waals surface area contributed by atoms with E-state index in [0.717, 1.165) is 28.0 Å². The van der Waals surface area contributed by atoms with Crippen LogP contribution in [0.15, 0.2) is 45.8 Å². The fourth-order valence-corrected chi connectivity index (χ4v) is 3.05. The van der Waals surface area contributed by atoms with Crippen molar-refractivity contribution in [2.24, 2.45) is 0 Å². The number of nitrogens with one attached hydrogen (secondary N) is 1. The molecular weight excluding hydrogens is 350 g/mol. The fourth-order valence-electron chi connectivity index (χ4n) is 1.99. The number of hydrogen-bond acceptors (Lipinski definition) is 4. The van der Waals surface area contributed by atoms with Crippen LogP contribution in [0.2, 0.25) is 0 Å². The van der Waals surface area contributed by atoms with Gasteiger partial charge in [0.05, 0.1) is 18.7 Å². The predicted molar refractivity (Wildman–Crippen MR) is 92.8 cm³/mol. The minimum Gasteiger partial charge on any atom is -0.493 e. The van der Waals surface area contributed by atoms with Gasteiger partial charge in [-0.15, -0.1) is 11.8 Å². The second kappa shape index (κ2) is 7.61. The Hall–Kier alpha value is -1.33. The Labute approximate surface area is 138 Å². The maximum absolute atomic E-state index is 5.35. The molecule has 0 aliphatic heterocycles. The lowest BCUT2D eigenvalue weighted by atomic mass is 10.2. The molecule has 5 heteroatoms. The number of rotatable bonds is 6. The molecule has 0 spiro atoms. The molecule has 2 aromatic carbocycles. The summed E-state index contributed by atoms with van der Waals surface area (Å²) < 4.78 is 11.6. The third-order valence-corrected chi connectivity index (χ3v) is 4.41. The lowest BCUT2D eigenvalue weighted by Crippen LogP contribution is -2.01. The second-order valence-corrected chi connectivity index (χ2v) is 6.13. The van der Waals surface area contributed by atoms with Crippen molar-refractivity contribution in [2.75, 3.05) is 25.8 Å². The summed E-state index contributed by atoms with van der Waals surface area (Å²) in [5.74, 6) is 1.44. The zero-order valence-corrected chi connectivity index (χ0v) is 14.7. The van der Waals surface area contributed by atoms with Gasteiger partial charge in [0, 0.05) is 17.1 Å². The van der Waals surface area contributed by atoms with Gasteiger partial charge in [-0.3, -0.25) is 0 Å². The van der Waals surface area contributed by atoms with Crippen LogP contribution in [0.1, 0.15) is 5.56 Å². The van der Waals surface area contributed by atoms with Gasteiger partial charge >= 0.3 is 0 Å². The number of halogens is 1. The Kier molecular flexibility index (Phi) is 5.82. The maximum Gasteiger partial charge on any atom is 0.174 e. The summed E-state index contributed by atoms with van der Waals surface area (Å²) in [4.78, 5) is 1.26. The van der Waals surface area contributed by atoms with Crippen molar-refractivity contribution in [1.29, 1.82) is 0 Å². The van der Waals surface area contributed by atoms with Crippen molar-refractivity contribution in [3.05, 3.63) is 46.4 Å². The number of anilines is 1. The zero-order valence-electron chi connectivity index (χ0n) is 12.3. The molecule has 0 aromatic heterocycles. The van der Waals surface area contributed by atoms with E-state index in [0.29, 0.717) is 5.75 Å². The first-order valence-corrected chi connectivity index (χ1v) is 8.48. The number of hydrogen-bond donors (Lipinski definition) is 1. The lowest BCUT2D eigenvalue weighted by Gasteiger charge is -2.13. The first kappa shape index (κ1) is 16.0. The molecule has 1 N–H and O–H groups in total. The first-order valence-electron chi connectivity index (χ1n) is 6.46. The molecule has 0 bridgehead atoms. The maximum atomic E-state index is 5.35. The van der Waals surface area contributed by atoms with Crippen molar-refractivity contribution in [3.8, 4) is 11.5 Å². The van der Waals surface area contributed by atoms with Crippen LogP contribution >= 0.6 is 27.7 Å². The minimum atomic E-state index is 0.713. The second-order valence-electron chi connectivity index (χ2n) is 4.40. The van der Waals surface area contributed by atoms with Crippen molar-refractivity contribution in [3.63, 3.8) is 0 Å². The number of thioether (sulfide) groups is 1. The predicted octanol–water partition coefficient (Wildman–Crippen LogP) is 4.80. The van der Waals surface area contributed by atoms with Gasteiger partial charge in [-0.25, -0.2) is 0 Å². The summed E-state index contributed by atoms with van der Waals surface area (Å²) in [6.07, 6.45) is 2.07. The van der Waals surface area contributed by atoms with E-state index in [2.05, 4.69) is 51.8 Å². The Morgan fingerprint density at radius 2 is 1.81 bits per heavy atom. The molecule has 0 heterocycles. The highest BCUT2D eigenvalue weighted by molar-refractivity contribution is 9.10. The molecule has 0 radical (unpaired) electrons. The van der Waals surface area contributed by atoms with Gasteiger partial charge in [-0.1, -0.05) is 0 Å². The van der Waals surface area contributed by atoms with Crippen LogP contribution in [-0.2, 0) is 6.54 Å². The lowest BCUT2D eigenvalue weighted by molar-refractivity contribution is 0.352. The summed E-state index contributed by atoms with van der Waals surface area (Å²) in [5, 5.41) is 3.40. The van der Waals surface area contributed by atoms with Crippen LogP contribution in [0.4, 0.5) is 5.69 Å². The van der Waals surface area contributed by atoms with E-state index in [9.17, 15) is 0 Å². The van der Waals surface area contributed by atoms with Crippen LogP contribution in [0, 0.1) is 0 Å². The Bertz CT molecular complexity index is 602. The number of ether oxygens (including phenoxy) is 2. The number of methoxy groups -OCH3 is 2. The molecule has 2 aromatic rings. The monoisotopic (exact) mass is 367 g/mol. The van der Waals surface area contributed by atoms with Gasteiger partial charge in [0.2, 0.25) is 0 Å².